The highest BCUT2D eigenvalue weighted by Gasteiger charge is 2.25. The number of aromatic nitrogens is 2. The van der Waals surface area contributed by atoms with Crippen LogP contribution in [0, 0.1) is 19.7 Å². The number of pyridine rings is 2. The highest BCUT2D eigenvalue weighted by atomic mass is 19.1. The minimum Gasteiger partial charge on any atom is -0.307 e. The van der Waals surface area contributed by atoms with Crippen LogP contribution in [0.1, 0.15) is 36.5 Å². The van der Waals surface area contributed by atoms with E-state index < -0.39 is 0 Å². The summed E-state index contributed by atoms with van der Waals surface area (Å²) >= 11 is 0. The molecule has 6 aromatic rings. The lowest BCUT2D eigenvalue weighted by Crippen LogP contribution is -2.29. The van der Waals surface area contributed by atoms with Crippen LogP contribution in [0.2, 0.25) is 0 Å². The fraction of sp³-hybridized carbons (Fsp3) is 0.222. The van der Waals surface area contributed by atoms with Gasteiger partial charge in [0.2, 0.25) is 5.52 Å². The highest BCUT2D eigenvalue weighted by Crippen LogP contribution is 2.42. The van der Waals surface area contributed by atoms with E-state index in [0.717, 1.165) is 16.4 Å². The molecule has 0 N–H and O–H groups in total. The van der Waals surface area contributed by atoms with Crippen LogP contribution < -0.4 is 4.57 Å². The van der Waals surface area contributed by atoms with Crippen LogP contribution in [0.15, 0.2) is 48.7 Å². The topological polar surface area (TPSA) is 8.29 Å². The summed E-state index contributed by atoms with van der Waals surface area (Å²) in [5.74, 6) is 0.218. The van der Waals surface area contributed by atoms with Crippen LogP contribution in [-0.4, -0.2) is 4.40 Å². The molecule has 6 rings (SSSR count). The van der Waals surface area contributed by atoms with Crippen LogP contribution in [0.5, 0.6) is 0 Å². The third-order valence-electron chi connectivity index (χ3n) is 6.92. The predicted octanol–water partition coefficient (Wildman–Crippen LogP) is 6.69. The lowest BCUT2D eigenvalue weighted by Gasteiger charge is -2.16. The Bertz CT molecular complexity index is 1650. The number of nitrogens with zero attached hydrogens (tertiary/aromatic N) is 2. The van der Waals surface area contributed by atoms with Crippen molar-refractivity contribution in [2.45, 2.75) is 33.6 Å². The van der Waals surface area contributed by atoms with Crippen molar-refractivity contribution in [1.29, 1.82) is 0 Å². The molecule has 0 fully saturated rings. The van der Waals surface area contributed by atoms with Crippen molar-refractivity contribution < 1.29 is 8.96 Å². The van der Waals surface area contributed by atoms with E-state index in [1.165, 1.54) is 49.3 Å². The lowest BCUT2D eigenvalue weighted by atomic mass is 9.94. The molecule has 30 heavy (non-hydrogen) atoms. The summed E-state index contributed by atoms with van der Waals surface area (Å²) in [6.07, 6.45) is 2.16. The third-order valence-corrected chi connectivity index (χ3v) is 6.92. The molecule has 0 unspecified atom stereocenters. The molecule has 0 spiro atoms. The normalized spacial score (nSPS) is 12.6. The molecule has 0 aliphatic rings. The standard InChI is InChI=1S/C27H24FN2/c1-14(2)18-11-17-8-9-29(5)27-24-16(4)15(3)10-21-20-7-6-19(28)13-22(20)30(26(21)24)23(12-18)25(17)27/h6-14H,1-5H3/q+1. The Kier molecular flexibility index (Phi) is 3.35. The van der Waals surface area contributed by atoms with Gasteiger partial charge < -0.3 is 4.40 Å². The Morgan fingerprint density at radius 1 is 0.900 bits per heavy atom. The van der Waals surface area contributed by atoms with E-state index in [1.54, 1.807) is 12.1 Å². The van der Waals surface area contributed by atoms with E-state index in [1.807, 2.05) is 6.07 Å². The molecule has 0 bridgehead atoms. The largest absolute Gasteiger partial charge is 0.307 e. The number of aryl methyl sites for hydroxylation is 3. The predicted molar refractivity (Wildman–Crippen MR) is 123 cm³/mol. The van der Waals surface area contributed by atoms with Gasteiger partial charge in [-0.2, -0.15) is 0 Å². The summed E-state index contributed by atoms with van der Waals surface area (Å²) in [4.78, 5) is 0. The summed E-state index contributed by atoms with van der Waals surface area (Å²) in [6.45, 7) is 8.84. The van der Waals surface area contributed by atoms with E-state index >= 15 is 0 Å². The first-order chi connectivity index (χ1) is 14.4. The maximum Gasteiger partial charge on any atom is 0.224 e. The van der Waals surface area contributed by atoms with Gasteiger partial charge in [-0.1, -0.05) is 19.9 Å². The molecule has 0 amide bonds. The number of hydrogen-bond acceptors (Lipinski definition) is 0. The molecule has 2 nitrogen and oxygen atoms in total. The molecule has 0 atom stereocenters. The smallest absolute Gasteiger partial charge is 0.224 e. The van der Waals surface area contributed by atoms with Crippen molar-refractivity contribution >= 4 is 49.0 Å². The molecular weight excluding hydrogens is 371 g/mol. The number of halogens is 1. The molecule has 3 aromatic heterocycles. The van der Waals surface area contributed by atoms with Gasteiger partial charge in [-0.25, -0.2) is 8.96 Å². The van der Waals surface area contributed by atoms with Gasteiger partial charge in [0.15, 0.2) is 6.20 Å². The zero-order valence-corrected chi connectivity index (χ0v) is 18.0. The minimum atomic E-state index is -0.197. The van der Waals surface area contributed by atoms with Gasteiger partial charge in [-0.3, -0.25) is 0 Å². The molecule has 0 saturated heterocycles. The van der Waals surface area contributed by atoms with Crippen molar-refractivity contribution in [2.24, 2.45) is 7.05 Å². The Balaban J connectivity index is 2.10. The molecule has 3 aromatic carbocycles. The van der Waals surface area contributed by atoms with Crippen molar-refractivity contribution in [3.05, 3.63) is 71.2 Å². The first kappa shape index (κ1) is 17.6. The Hall–Kier alpha value is -3.20. The van der Waals surface area contributed by atoms with Gasteiger partial charge in [-0.05, 0) is 72.2 Å². The summed E-state index contributed by atoms with van der Waals surface area (Å²) in [7, 11) is 2.13. The molecular formula is C27H24FN2+. The quantitative estimate of drug-likeness (QED) is 0.166. The van der Waals surface area contributed by atoms with E-state index in [9.17, 15) is 4.39 Å². The highest BCUT2D eigenvalue weighted by molar-refractivity contribution is 6.26. The fourth-order valence-corrected chi connectivity index (χ4v) is 5.23. The number of fused-ring (bicyclic) bond motifs is 5. The van der Waals surface area contributed by atoms with Gasteiger partial charge in [0.25, 0.3) is 0 Å². The second kappa shape index (κ2) is 5.69. The van der Waals surface area contributed by atoms with Crippen LogP contribution in [0.4, 0.5) is 4.39 Å². The van der Waals surface area contributed by atoms with E-state index in [4.69, 9.17) is 0 Å². The van der Waals surface area contributed by atoms with E-state index in [-0.39, 0.29) is 5.82 Å². The van der Waals surface area contributed by atoms with Gasteiger partial charge in [0.05, 0.1) is 27.3 Å². The van der Waals surface area contributed by atoms with Crippen LogP contribution in [-0.2, 0) is 7.05 Å². The number of rotatable bonds is 1. The number of hydrogen-bond donors (Lipinski definition) is 0. The molecule has 3 heteroatoms. The lowest BCUT2D eigenvalue weighted by molar-refractivity contribution is -0.643. The van der Waals surface area contributed by atoms with E-state index in [0.29, 0.717) is 5.92 Å². The molecule has 0 saturated carbocycles. The number of benzene rings is 3. The average Bonchev–Trinajstić information content (AvgIpc) is 3.02. The summed E-state index contributed by atoms with van der Waals surface area (Å²) < 4.78 is 18.9. The van der Waals surface area contributed by atoms with Gasteiger partial charge in [-0.15, -0.1) is 0 Å². The minimum absolute atomic E-state index is 0.197. The average molecular weight is 396 g/mol. The van der Waals surface area contributed by atoms with Crippen molar-refractivity contribution in [1.82, 2.24) is 4.40 Å². The zero-order valence-electron chi connectivity index (χ0n) is 18.0. The maximum absolute atomic E-state index is 14.4. The van der Waals surface area contributed by atoms with E-state index in [2.05, 4.69) is 74.2 Å². The Morgan fingerprint density at radius 3 is 2.47 bits per heavy atom. The third kappa shape index (κ3) is 2.05. The fourth-order valence-electron chi connectivity index (χ4n) is 5.23. The molecule has 3 heterocycles. The van der Waals surface area contributed by atoms with Gasteiger partial charge >= 0.3 is 0 Å². The van der Waals surface area contributed by atoms with Crippen LogP contribution >= 0.6 is 0 Å². The Morgan fingerprint density at radius 2 is 1.70 bits per heavy atom. The molecule has 148 valence electrons. The van der Waals surface area contributed by atoms with Crippen molar-refractivity contribution in [3.63, 3.8) is 0 Å². The summed E-state index contributed by atoms with van der Waals surface area (Å²) in [5, 5.41) is 6.05. The van der Waals surface area contributed by atoms with Crippen molar-refractivity contribution in [2.75, 3.05) is 0 Å². The first-order valence-electron chi connectivity index (χ1n) is 10.6. The van der Waals surface area contributed by atoms with Crippen molar-refractivity contribution in [3.8, 4) is 0 Å². The Labute approximate surface area is 174 Å². The van der Waals surface area contributed by atoms with Crippen LogP contribution in [0.25, 0.3) is 49.0 Å². The molecule has 0 aliphatic heterocycles. The summed E-state index contributed by atoms with van der Waals surface area (Å²) in [5.41, 5.74) is 8.39. The molecule has 0 aliphatic carbocycles. The maximum atomic E-state index is 14.4. The zero-order chi connectivity index (χ0) is 20.9. The first-order valence-corrected chi connectivity index (χ1v) is 10.6. The SMILES string of the molecule is Cc1cc2c3ccc(F)cc3n3c4cc(C(C)C)cc5cc[n+](C)c(c(c1C)c23)c54. The second-order valence-electron chi connectivity index (χ2n) is 9.02. The summed E-state index contributed by atoms with van der Waals surface area (Å²) in [6, 6.07) is 14.3. The van der Waals surface area contributed by atoms with Crippen LogP contribution in [0.3, 0.4) is 0 Å². The molecule has 0 radical (unpaired) electrons. The second-order valence-corrected chi connectivity index (χ2v) is 9.02. The van der Waals surface area contributed by atoms with Gasteiger partial charge in [0, 0.05) is 16.8 Å². The van der Waals surface area contributed by atoms with Gasteiger partial charge in [0.1, 0.15) is 12.9 Å². The monoisotopic (exact) mass is 395 g/mol.